The van der Waals surface area contributed by atoms with Crippen LogP contribution in [0, 0.1) is 0 Å². The highest BCUT2D eigenvalue weighted by molar-refractivity contribution is 5.02. The van der Waals surface area contributed by atoms with Gasteiger partial charge in [0.05, 0.1) is 24.7 Å². The van der Waals surface area contributed by atoms with Crippen LogP contribution in [0.1, 0.15) is 17.8 Å². The van der Waals surface area contributed by atoms with Crippen molar-refractivity contribution in [2.24, 2.45) is 0 Å². The first-order valence-corrected chi connectivity index (χ1v) is 2.94. The quantitative estimate of drug-likeness (QED) is 0.699. The van der Waals surface area contributed by atoms with Crippen molar-refractivity contribution in [3.05, 3.63) is 23.8 Å². The van der Waals surface area contributed by atoms with Gasteiger partial charge in [0.2, 0.25) is 0 Å². The molecule has 1 heterocycles. The standard InChI is InChI=1S/C6H6F2N2O/c7-6(8)5-2-9-4(3-11)1-10-5/h1-2,6,11H,3H2. The van der Waals surface area contributed by atoms with E-state index >= 15 is 0 Å². The van der Waals surface area contributed by atoms with Crippen LogP contribution in [0.2, 0.25) is 0 Å². The van der Waals surface area contributed by atoms with E-state index in [4.69, 9.17) is 5.11 Å². The first-order chi connectivity index (χ1) is 5.24. The van der Waals surface area contributed by atoms with Crippen molar-refractivity contribution in [1.82, 2.24) is 9.97 Å². The molecule has 0 spiro atoms. The number of nitrogens with zero attached hydrogens (tertiary/aromatic N) is 2. The van der Waals surface area contributed by atoms with E-state index in [0.29, 0.717) is 0 Å². The monoisotopic (exact) mass is 160 g/mol. The highest BCUT2D eigenvalue weighted by atomic mass is 19.3. The normalized spacial score (nSPS) is 10.5. The molecule has 0 fully saturated rings. The number of hydrogen-bond acceptors (Lipinski definition) is 3. The Morgan fingerprint density at radius 3 is 2.45 bits per heavy atom. The molecule has 0 atom stereocenters. The first kappa shape index (κ1) is 8.00. The van der Waals surface area contributed by atoms with Gasteiger partial charge in [-0.3, -0.25) is 9.97 Å². The maximum atomic E-state index is 11.8. The summed E-state index contributed by atoms with van der Waals surface area (Å²) in [6, 6.07) is 0. The number of alkyl halides is 2. The summed E-state index contributed by atoms with van der Waals surface area (Å²) in [6.45, 7) is -0.281. The van der Waals surface area contributed by atoms with E-state index in [2.05, 4.69) is 9.97 Å². The van der Waals surface area contributed by atoms with Crippen molar-refractivity contribution >= 4 is 0 Å². The van der Waals surface area contributed by atoms with Gasteiger partial charge in [0.1, 0.15) is 5.69 Å². The minimum Gasteiger partial charge on any atom is -0.390 e. The number of rotatable bonds is 2. The summed E-state index contributed by atoms with van der Waals surface area (Å²) in [6.07, 6.45) is -0.521. The molecule has 1 aromatic rings. The third kappa shape index (κ3) is 1.91. The van der Waals surface area contributed by atoms with Crippen LogP contribution in [0.3, 0.4) is 0 Å². The Labute approximate surface area is 61.7 Å². The lowest BCUT2D eigenvalue weighted by Gasteiger charge is -1.97. The minimum absolute atomic E-state index is 0.281. The number of aliphatic hydroxyl groups excluding tert-OH is 1. The maximum Gasteiger partial charge on any atom is 0.281 e. The number of aliphatic hydroxyl groups is 1. The van der Waals surface area contributed by atoms with E-state index in [1.807, 2.05) is 0 Å². The van der Waals surface area contributed by atoms with Crippen LogP contribution in [0.4, 0.5) is 8.78 Å². The summed E-state index contributed by atoms with van der Waals surface area (Å²) in [5, 5.41) is 8.48. The Kier molecular flexibility index (Phi) is 2.43. The molecule has 11 heavy (non-hydrogen) atoms. The van der Waals surface area contributed by atoms with Crippen LogP contribution in [-0.2, 0) is 6.61 Å². The summed E-state index contributed by atoms with van der Waals surface area (Å²) >= 11 is 0. The summed E-state index contributed by atoms with van der Waals surface area (Å²) in [7, 11) is 0. The molecule has 1 N–H and O–H groups in total. The number of halogens is 2. The molecule has 0 aliphatic heterocycles. The molecule has 0 aliphatic rings. The maximum absolute atomic E-state index is 11.8. The van der Waals surface area contributed by atoms with Crippen LogP contribution in [0.25, 0.3) is 0 Å². The molecule has 60 valence electrons. The second-order valence-corrected chi connectivity index (χ2v) is 1.89. The molecule has 0 aromatic carbocycles. The van der Waals surface area contributed by atoms with Crippen molar-refractivity contribution in [2.45, 2.75) is 13.0 Å². The molecule has 0 radical (unpaired) electrons. The highest BCUT2D eigenvalue weighted by Crippen LogP contribution is 2.13. The molecule has 0 aliphatic carbocycles. The Bertz CT molecular complexity index is 225. The zero-order valence-electron chi connectivity index (χ0n) is 5.54. The first-order valence-electron chi connectivity index (χ1n) is 2.94. The van der Waals surface area contributed by atoms with Gasteiger partial charge in [0.15, 0.2) is 0 Å². The largest absolute Gasteiger partial charge is 0.390 e. The van der Waals surface area contributed by atoms with Gasteiger partial charge in [-0.2, -0.15) is 0 Å². The zero-order chi connectivity index (χ0) is 8.27. The molecule has 1 aromatic heterocycles. The van der Waals surface area contributed by atoms with Crippen molar-refractivity contribution in [3.63, 3.8) is 0 Å². The average molecular weight is 160 g/mol. The van der Waals surface area contributed by atoms with Gasteiger partial charge < -0.3 is 5.11 Å². The third-order valence-corrected chi connectivity index (χ3v) is 1.11. The molecule has 1 rings (SSSR count). The smallest absolute Gasteiger partial charge is 0.281 e. The predicted molar refractivity (Wildman–Crippen MR) is 32.9 cm³/mol. The van der Waals surface area contributed by atoms with E-state index in [-0.39, 0.29) is 18.0 Å². The van der Waals surface area contributed by atoms with Gasteiger partial charge >= 0.3 is 0 Å². The average Bonchev–Trinajstić information content (AvgIpc) is 2.05. The molecule has 0 saturated heterocycles. The van der Waals surface area contributed by atoms with E-state index in [9.17, 15) is 8.78 Å². The third-order valence-electron chi connectivity index (χ3n) is 1.11. The lowest BCUT2D eigenvalue weighted by molar-refractivity contribution is 0.145. The SMILES string of the molecule is OCc1cnc(C(F)F)cn1. The van der Waals surface area contributed by atoms with Gasteiger partial charge in [-0.25, -0.2) is 8.78 Å². The van der Waals surface area contributed by atoms with Gasteiger partial charge in [0, 0.05) is 0 Å². The van der Waals surface area contributed by atoms with Crippen molar-refractivity contribution < 1.29 is 13.9 Å². The van der Waals surface area contributed by atoms with Gasteiger partial charge in [-0.15, -0.1) is 0 Å². The fourth-order valence-electron chi connectivity index (χ4n) is 0.559. The van der Waals surface area contributed by atoms with E-state index in [1.54, 1.807) is 0 Å². The van der Waals surface area contributed by atoms with Crippen LogP contribution in [0.5, 0.6) is 0 Å². The second-order valence-electron chi connectivity index (χ2n) is 1.89. The summed E-state index contributed by atoms with van der Waals surface area (Å²) < 4.78 is 23.7. The van der Waals surface area contributed by atoms with Crippen LogP contribution >= 0.6 is 0 Å². The Balaban J connectivity index is 2.83. The Morgan fingerprint density at radius 1 is 1.36 bits per heavy atom. The van der Waals surface area contributed by atoms with Gasteiger partial charge in [0.25, 0.3) is 6.43 Å². The molecule has 3 nitrogen and oxygen atoms in total. The molecule has 0 bridgehead atoms. The molecule has 5 heteroatoms. The van der Waals surface area contributed by atoms with E-state index < -0.39 is 6.43 Å². The molecule has 0 saturated carbocycles. The van der Waals surface area contributed by atoms with E-state index in [0.717, 1.165) is 12.4 Å². The number of aromatic nitrogens is 2. The Morgan fingerprint density at radius 2 is 2.09 bits per heavy atom. The van der Waals surface area contributed by atoms with Crippen LogP contribution in [-0.4, -0.2) is 15.1 Å². The van der Waals surface area contributed by atoms with Crippen LogP contribution in [0.15, 0.2) is 12.4 Å². The predicted octanol–water partition coefficient (Wildman–Crippen LogP) is 0.907. The summed E-state index contributed by atoms with van der Waals surface area (Å²) in [5.41, 5.74) is -0.0865. The molecule has 0 unspecified atom stereocenters. The van der Waals surface area contributed by atoms with Gasteiger partial charge in [-0.05, 0) is 0 Å². The summed E-state index contributed by atoms with van der Waals surface area (Å²) in [4.78, 5) is 6.90. The van der Waals surface area contributed by atoms with Crippen molar-refractivity contribution in [3.8, 4) is 0 Å². The second kappa shape index (κ2) is 3.34. The molecule has 0 amide bonds. The Hall–Kier alpha value is -1.10. The lowest BCUT2D eigenvalue weighted by Crippen LogP contribution is -1.95. The molecular weight excluding hydrogens is 154 g/mol. The fourth-order valence-corrected chi connectivity index (χ4v) is 0.559. The van der Waals surface area contributed by atoms with Crippen LogP contribution < -0.4 is 0 Å². The zero-order valence-corrected chi connectivity index (χ0v) is 5.54. The summed E-state index contributed by atoms with van der Waals surface area (Å²) in [5.74, 6) is 0. The number of hydrogen-bond donors (Lipinski definition) is 1. The molecular formula is C6H6F2N2O. The van der Waals surface area contributed by atoms with Gasteiger partial charge in [-0.1, -0.05) is 0 Å². The topological polar surface area (TPSA) is 46.0 Å². The highest BCUT2D eigenvalue weighted by Gasteiger charge is 2.07. The van der Waals surface area contributed by atoms with Crippen molar-refractivity contribution in [2.75, 3.05) is 0 Å². The van der Waals surface area contributed by atoms with Crippen molar-refractivity contribution in [1.29, 1.82) is 0 Å². The lowest BCUT2D eigenvalue weighted by atomic mass is 10.4. The fraction of sp³-hybridized carbons (Fsp3) is 0.333. The van der Waals surface area contributed by atoms with E-state index in [1.165, 1.54) is 0 Å². The minimum atomic E-state index is -2.60.